The van der Waals surface area contributed by atoms with Crippen molar-refractivity contribution in [1.29, 1.82) is 0 Å². The van der Waals surface area contributed by atoms with E-state index in [9.17, 15) is 9.59 Å². The number of anilines is 1. The predicted molar refractivity (Wildman–Crippen MR) is 135 cm³/mol. The molecule has 2 aliphatic rings. The van der Waals surface area contributed by atoms with Crippen molar-refractivity contribution < 1.29 is 9.59 Å². The Morgan fingerprint density at radius 3 is 2.17 bits per heavy atom. The summed E-state index contributed by atoms with van der Waals surface area (Å²) in [7, 11) is 4.29. The van der Waals surface area contributed by atoms with Gasteiger partial charge in [0.05, 0.1) is 30.2 Å². The highest BCUT2D eigenvalue weighted by Gasteiger charge is 2.50. The van der Waals surface area contributed by atoms with E-state index in [1.165, 1.54) is 5.56 Å². The Morgan fingerprint density at radius 1 is 0.971 bits per heavy atom. The van der Waals surface area contributed by atoms with Gasteiger partial charge in [0.25, 0.3) is 0 Å². The first-order valence-electron chi connectivity index (χ1n) is 11.9. The number of benzene rings is 2. The first-order valence-corrected chi connectivity index (χ1v) is 11.9. The third-order valence-corrected chi connectivity index (χ3v) is 7.66. The third kappa shape index (κ3) is 4.14. The molecule has 3 aromatic rings. The van der Waals surface area contributed by atoms with Crippen molar-refractivity contribution in [2.45, 2.75) is 36.8 Å². The van der Waals surface area contributed by atoms with Crippen LogP contribution in [0.5, 0.6) is 0 Å². The fourth-order valence-corrected chi connectivity index (χ4v) is 5.48. The number of carbonyl (C=O) groups excluding carboxylic acids is 2. The molecule has 1 spiro atoms. The third-order valence-electron chi connectivity index (χ3n) is 7.66. The Kier molecular flexibility index (Phi) is 5.76. The van der Waals surface area contributed by atoms with E-state index in [-0.39, 0.29) is 17.1 Å². The molecule has 1 aromatic heterocycles. The number of nitrogens with two attached hydrogens (primary N) is 1. The second-order valence-electron chi connectivity index (χ2n) is 9.80. The number of primary amides is 1. The average Bonchev–Trinajstić information content (AvgIpc) is 3.20. The molecule has 8 nitrogen and oxygen atoms in total. The lowest BCUT2D eigenvalue weighted by Crippen LogP contribution is -2.54. The number of rotatable bonds is 5. The summed E-state index contributed by atoms with van der Waals surface area (Å²) >= 11 is 0. The van der Waals surface area contributed by atoms with Gasteiger partial charge in [-0.25, -0.2) is 14.8 Å². The molecule has 0 atom stereocenters. The summed E-state index contributed by atoms with van der Waals surface area (Å²) in [4.78, 5) is 37.3. The Morgan fingerprint density at radius 2 is 1.60 bits per heavy atom. The van der Waals surface area contributed by atoms with Gasteiger partial charge in [0.2, 0.25) is 5.91 Å². The van der Waals surface area contributed by atoms with Crippen molar-refractivity contribution in [2.24, 2.45) is 5.73 Å². The summed E-state index contributed by atoms with van der Waals surface area (Å²) < 4.78 is 0. The Labute approximate surface area is 205 Å². The highest BCUT2D eigenvalue weighted by Crippen LogP contribution is 2.46. The minimum Gasteiger partial charge on any atom is -0.366 e. The molecule has 5 rings (SSSR count). The van der Waals surface area contributed by atoms with E-state index in [1.54, 1.807) is 41.6 Å². The van der Waals surface area contributed by atoms with Crippen LogP contribution in [-0.4, -0.2) is 53.0 Å². The molecule has 2 aromatic carbocycles. The molecule has 1 saturated heterocycles. The molecule has 3 amide bonds. The Bertz CT molecular complexity index is 1220. The molecule has 2 heterocycles. The first kappa shape index (κ1) is 23.0. The summed E-state index contributed by atoms with van der Waals surface area (Å²) in [5.74, 6) is 0.0477. The maximum absolute atomic E-state index is 13.0. The monoisotopic (exact) mass is 470 g/mol. The Balaban J connectivity index is 1.31. The zero-order valence-electron chi connectivity index (χ0n) is 20.1. The van der Waals surface area contributed by atoms with Crippen LogP contribution in [0.25, 0.3) is 11.4 Å². The van der Waals surface area contributed by atoms with Crippen LogP contribution in [0.1, 0.15) is 41.6 Å². The lowest BCUT2D eigenvalue weighted by Gasteiger charge is -2.48. The van der Waals surface area contributed by atoms with E-state index in [1.807, 2.05) is 0 Å². The topological polar surface area (TPSA) is 104 Å². The van der Waals surface area contributed by atoms with Crippen LogP contribution < -0.4 is 16.0 Å². The molecule has 35 heavy (non-hydrogen) atoms. The van der Waals surface area contributed by atoms with Crippen molar-refractivity contribution in [2.75, 3.05) is 25.5 Å². The van der Waals surface area contributed by atoms with Gasteiger partial charge in [0.15, 0.2) is 5.82 Å². The predicted octanol–water partition coefficient (Wildman–Crippen LogP) is 3.54. The first-order chi connectivity index (χ1) is 16.8. The molecule has 8 heteroatoms. The van der Waals surface area contributed by atoms with Gasteiger partial charge in [-0.05, 0) is 57.5 Å². The van der Waals surface area contributed by atoms with Crippen LogP contribution in [0, 0.1) is 0 Å². The van der Waals surface area contributed by atoms with Crippen LogP contribution in [0.4, 0.5) is 10.5 Å². The summed E-state index contributed by atoms with van der Waals surface area (Å²) in [5, 5.41) is 3.28. The Hall–Kier alpha value is -3.78. The van der Waals surface area contributed by atoms with Crippen LogP contribution in [0.2, 0.25) is 0 Å². The van der Waals surface area contributed by atoms with E-state index in [0.717, 1.165) is 31.2 Å². The highest BCUT2D eigenvalue weighted by molar-refractivity contribution is 5.95. The number of urea groups is 1. The molecule has 0 bridgehead atoms. The molecule has 1 saturated carbocycles. The summed E-state index contributed by atoms with van der Waals surface area (Å²) in [6.45, 7) is 0.597. The van der Waals surface area contributed by atoms with E-state index in [0.29, 0.717) is 23.6 Å². The second-order valence-corrected chi connectivity index (χ2v) is 9.80. The van der Waals surface area contributed by atoms with Crippen molar-refractivity contribution in [3.05, 3.63) is 78.1 Å². The van der Waals surface area contributed by atoms with E-state index < -0.39 is 5.91 Å². The zero-order chi connectivity index (χ0) is 24.6. The molecule has 1 aliphatic carbocycles. The molecule has 2 fully saturated rings. The van der Waals surface area contributed by atoms with Gasteiger partial charge in [-0.1, -0.05) is 42.5 Å². The van der Waals surface area contributed by atoms with Crippen LogP contribution in [-0.2, 0) is 5.54 Å². The van der Waals surface area contributed by atoms with E-state index in [4.69, 9.17) is 5.73 Å². The quantitative estimate of drug-likeness (QED) is 0.594. The number of hydrogen-bond acceptors (Lipinski definition) is 5. The fourth-order valence-electron chi connectivity index (χ4n) is 5.48. The highest BCUT2D eigenvalue weighted by atomic mass is 16.2. The van der Waals surface area contributed by atoms with Crippen molar-refractivity contribution in [3.63, 3.8) is 0 Å². The number of carbonyl (C=O) groups is 2. The van der Waals surface area contributed by atoms with E-state index in [2.05, 4.69) is 64.6 Å². The van der Waals surface area contributed by atoms with Gasteiger partial charge >= 0.3 is 6.03 Å². The molecule has 180 valence electrons. The van der Waals surface area contributed by atoms with Gasteiger partial charge in [0.1, 0.15) is 0 Å². The van der Waals surface area contributed by atoms with Gasteiger partial charge in [-0.3, -0.25) is 14.6 Å². The second kappa shape index (κ2) is 8.78. The summed E-state index contributed by atoms with van der Waals surface area (Å²) in [6.07, 6.45) is 7.09. The van der Waals surface area contributed by atoms with Gasteiger partial charge in [-0.15, -0.1) is 0 Å². The summed E-state index contributed by atoms with van der Waals surface area (Å²) in [5.41, 5.74) is 8.23. The number of hydrogen-bond donors (Lipinski definition) is 2. The van der Waals surface area contributed by atoms with Crippen LogP contribution >= 0.6 is 0 Å². The lowest BCUT2D eigenvalue weighted by atomic mass is 9.69. The van der Waals surface area contributed by atoms with Crippen LogP contribution in [0.15, 0.2) is 67.0 Å². The minimum atomic E-state index is -0.476. The van der Waals surface area contributed by atoms with E-state index >= 15 is 0 Å². The number of nitrogens with zero attached hydrogens (tertiary/aromatic N) is 4. The van der Waals surface area contributed by atoms with Gasteiger partial charge < -0.3 is 11.1 Å². The molecular formula is C27H30N6O2. The maximum atomic E-state index is 13.0. The standard InChI is InChI=1S/C27H30N6O2/c1-32(2)27(21-6-4-3-5-7-21)14-12-26(13-15-27)18-33(25(35)31-26)22-16-29-24(30-17-22)20-10-8-19(9-11-20)23(28)34/h3-11,16-17H,12-15,18H2,1-2H3,(H2,28,34)(H,31,35)/t26-,27-. The fraction of sp³-hybridized carbons (Fsp3) is 0.333. The van der Waals surface area contributed by atoms with Crippen LogP contribution in [0.3, 0.4) is 0 Å². The zero-order valence-corrected chi connectivity index (χ0v) is 20.1. The number of amides is 3. The molecule has 0 unspecified atom stereocenters. The van der Waals surface area contributed by atoms with Crippen molar-refractivity contribution in [1.82, 2.24) is 20.2 Å². The molecular weight excluding hydrogens is 440 g/mol. The molecule has 0 radical (unpaired) electrons. The molecule has 1 aliphatic heterocycles. The van der Waals surface area contributed by atoms with Crippen molar-refractivity contribution in [3.8, 4) is 11.4 Å². The smallest absolute Gasteiger partial charge is 0.322 e. The minimum absolute atomic E-state index is 0.0283. The largest absolute Gasteiger partial charge is 0.366 e. The summed E-state index contributed by atoms with van der Waals surface area (Å²) in [6, 6.07) is 17.4. The normalized spacial score (nSPS) is 24.1. The number of aromatic nitrogens is 2. The molecule has 3 N–H and O–H groups in total. The van der Waals surface area contributed by atoms with Crippen molar-refractivity contribution >= 4 is 17.6 Å². The van der Waals surface area contributed by atoms with Gasteiger partial charge in [-0.2, -0.15) is 0 Å². The number of nitrogens with one attached hydrogen (secondary N) is 1. The lowest BCUT2D eigenvalue weighted by molar-refractivity contribution is 0.0658. The SMILES string of the molecule is CN(C)[C@]1(c2ccccc2)CC[C@@]2(CC1)CN(c1cnc(-c3ccc(C(N)=O)cc3)nc1)C(=O)N2. The van der Waals surface area contributed by atoms with Gasteiger partial charge in [0, 0.05) is 16.7 Å². The average molecular weight is 471 g/mol. The maximum Gasteiger partial charge on any atom is 0.322 e.